The highest BCUT2D eigenvalue weighted by molar-refractivity contribution is 8.16. The highest BCUT2D eigenvalue weighted by atomic mass is 32.2. The number of carbonyl (C=O) groups is 3. The van der Waals surface area contributed by atoms with Gasteiger partial charge in [0.1, 0.15) is 10.5 Å². The molecule has 0 spiro atoms. The average Bonchev–Trinajstić information content (AvgIpc) is 2.72. The minimum absolute atomic E-state index is 0.244. The maximum absolute atomic E-state index is 12.0. The van der Waals surface area contributed by atoms with E-state index in [0.717, 1.165) is 17.3 Å². The van der Waals surface area contributed by atoms with Crippen LogP contribution in [-0.4, -0.2) is 21.9 Å². The van der Waals surface area contributed by atoms with Crippen molar-refractivity contribution in [2.24, 2.45) is 5.41 Å². The Morgan fingerprint density at radius 1 is 1.26 bits per heavy atom. The molecule has 7 heteroatoms. The van der Waals surface area contributed by atoms with E-state index in [1.54, 1.807) is 52.0 Å². The van der Waals surface area contributed by atoms with Crippen LogP contribution < -0.4 is 10.1 Å². The van der Waals surface area contributed by atoms with Crippen LogP contribution in [0.2, 0.25) is 0 Å². The lowest BCUT2D eigenvalue weighted by Crippen LogP contribution is -2.37. The standard InChI is InChI=1S/C16H20NO4PS/c1-15(2,3)13(19)21-10-7-5-9(6-8-10)11(22)16(4)12(18)17-14(20)23-16/h5-8,11H,22H2,1-4H3,(H,17,18,20). The molecule has 0 radical (unpaired) electrons. The van der Waals surface area contributed by atoms with Crippen molar-refractivity contribution in [2.45, 2.75) is 38.1 Å². The lowest BCUT2D eigenvalue weighted by atomic mass is 9.97. The van der Waals surface area contributed by atoms with Gasteiger partial charge >= 0.3 is 5.97 Å². The summed E-state index contributed by atoms with van der Waals surface area (Å²) in [5.41, 5.74) is 0.0468. The molecule has 1 fully saturated rings. The number of imide groups is 1. The summed E-state index contributed by atoms with van der Waals surface area (Å²) in [5.74, 6) is -0.151. The zero-order valence-corrected chi connectivity index (χ0v) is 15.5. The largest absolute Gasteiger partial charge is 0.426 e. The molecule has 0 saturated carbocycles. The molecule has 2 amide bonds. The molecule has 23 heavy (non-hydrogen) atoms. The van der Waals surface area contributed by atoms with Crippen LogP contribution in [0.25, 0.3) is 0 Å². The zero-order chi connectivity index (χ0) is 17.4. The molecule has 1 saturated heterocycles. The second-order valence-electron chi connectivity index (χ2n) is 6.64. The van der Waals surface area contributed by atoms with Gasteiger partial charge in [0.05, 0.1) is 5.41 Å². The first-order chi connectivity index (χ1) is 10.5. The third-order valence-corrected chi connectivity index (χ3v) is 6.07. The van der Waals surface area contributed by atoms with Crippen LogP contribution in [-0.2, 0) is 9.59 Å². The fourth-order valence-corrected chi connectivity index (χ4v) is 3.52. The number of rotatable bonds is 3. The van der Waals surface area contributed by atoms with Crippen molar-refractivity contribution in [1.29, 1.82) is 0 Å². The van der Waals surface area contributed by atoms with Crippen LogP contribution in [0.3, 0.4) is 0 Å². The predicted molar refractivity (Wildman–Crippen MR) is 93.5 cm³/mol. The van der Waals surface area contributed by atoms with E-state index in [-0.39, 0.29) is 22.8 Å². The van der Waals surface area contributed by atoms with Crippen LogP contribution in [0.1, 0.15) is 38.9 Å². The van der Waals surface area contributed by atoms with Crippen molar-refractivity contribution in [1.82, 2.24) is 5.32 Å². The molecule has 1 N–H and O–H groups in total. The Morgan fingerprint density at radius 3 is 2.26 bits per heavy atom. The molecule has 5 nitrogen and oxygen atoms in total. The molecular weight excluding hydrogens is 333 g/mol. The number of benzene rings is 1. The predicted octanol–water partition coefficient (Wildman–Crippen LogP) is 3.30. The zero-order valence-electron chi connectivity index (χ0n) is 13.5. The normalized spacial score (nSPS) is 22.7. The highest BCUT2D eigenvalue weighted by Gasteiger charge is 2.48. The van der Waals surface area contributed by atoms with Gasteiger partial charge < -0.3 is 4.74 Å². The lowest BCUT2D eigenvalue weighted by molar-refractivity contribution is -0.143. The van der Waals surface area contributed by atoms with E-state index in [1.165, 1.54) is 0 Å². The van der Waals surface area contributed by atoms with Gasteiger partial charge in [-0.1, -0.05) is 12.1 Å². The molecule has 1 aliphatic rings. The van der Waals surface area contributed by atoms with E-state index in [4.69, 9.17) is 4.74 Å². The Morgan fingerprint density at radius 2 is 1.83 bits per heavy atom. The van der Waals surface area contributed by atoms with Gasteiger partial charge in [-0.05, 0) is 57.2 Å². The molecule has 2 rings (SSSR count). The van der Waals surface area contributed by atoms with Crippen molar-refractivity contribution >= 4 is 38.1 Å². The molecule has 0 bridgehead atoms. The van der Waals surface area contributed by atoms with Crippen LogP contribution in [0.5, 0.6) is 5.75 Å². The van der Waals surface area contributed by atoms with E-state index in [9.17, 15) is 14.4 Å². The van der Waals surface area contributed by atoms with Crippen LogP contribution in [0.4, 0.5) is 4.79 Å². The minimum atomic E-state index is -0.870. The smallest absolute Gasteiger partial charge is 0.316 e. The molecule has 0 aliphatic carbocycles. The van der Waals surface area contributed by atoms with E-state index in [1.807, 2.05) is 0 Å². The maximum atomic E-state index is 12.0. The fourth-order valence-electron chi connectivity index (χ4n) is 2.01. The van der Waals surface area contributed by atoms with Gasteiger partial charge in [0, 0.05) is 5.66 Å². The van der Waals surface area contributed by atoms with Crippen LogP contribution in [0.15, 0.2) is 24.3 Å². The number of esters is 1. The summed E-state index contributed by atoms with van der Waals surface area (Å²) in [6.45, 7) is 7.10. The third-order valence-electron chi connectivity index (χ3n) is 3.63. The Balaban J connectivity index is 2.15. The first kappa shape index (κ1) is 18.0. The Hall–Kier alpha value is -1.39. The van der Waals surface area contributed by atoms with E-state index in [2.05, 4.69) is 14.6 Å². The van der Waals surface area contributed by atoms with E-state index in [0.29, 0.717) is 5.75 Å². The van der Waals surface area contributed by atoms with Gasteiger partial charge in [0.15, 0.2) is 0 Å². The van der Waals surface area contributed by atoms with Crippen molar-refractivity contribution in [2.75, 3.05) is 0 Å². The molecule has 3 unspecified atom stereocenters. The lowest BCUT2D eigenvalue weighted by Gasteiger charge is -2.26. The number of hydrogen-bond donors (Lipinski definition) is 1. The number of amides is 2. The molecule has 1 aromatic rings. The SMILES string of the molecule is CC(C)(C)C(=O)Oc1ccc(C(P)C2(C)SC(=O)NC2=O)cc1. The molecule has 124 valence electrons. The second-order valence-corrected chi connectivity index (χ2v) is 8.73. The van der Waals surface area contributed by atoms with Gasteiger partial charge in [0.25, 0.3) is 5.24 Å². The number of hydrogen-bond acceptors (Lipinski definition) is 5. The first-order valence-electron chi connectivity index (χ1n) is 7.16. The van der Waals surface area contributed by atoms with Crippen molar-refractivity contribution in [3.8, 4) is 5.75 Å². The monoisotopic (exact) mass is 353 g/mol. The van der Waals surface area contributed by atoms with Crippen LogP contribution >= 0.6 is 21.0 Å². The molecule has 0 aromatic heterocycles. The Bertz CT molecular complexity index is 653. The van der Waals surface area contributed by atoms with Gasteiger partial charge in [-0.25, -0.2) is 0 Å². The molecule has 1 heterocycles. The van der Waals surface area contributed by atoms with Gasteiger partial charge in [-0.15, -0.1) is 9.24 Å². The summed E-state index contributed by atoms with van der Waals surface area (Å²) in [4.78, 5) is 35.3. The highest BCUT2D eigenvalue weighted by Crippen LogP contribution is 2.47. The summed E-state index contributed by atoms with van der Waals surface area (Å²) in [7, 11) is 2.61. The number of ether oxygens (including phenoxy) is 1. The van der Waals surface area contributed by atoms with E-state index >= 15 is 0 Å². The number of thioether (sulfide) groups is 1. The van der Waals surface area contributed by atoms with Gasteiger partial charge in [0.2, 0.25) is 5.91 Å². The number of nitrogens with one attached hydrogen (secondary N) is 1. The Kier molecular flexibility index (Phi) is 4.88. The molecule has 1 aromatic carbocycles. The molecule has 1 aliphatic heterocycles. The van der Waals surface area contributed by atoms with Crippen molar-refractivity contribution in [3.63, 3.8) is 0 Å². The molecule has 3 atom stereocenters. The quantitative estimate of drug-likeness (QED) is 0.513. The summed E-state index contributed by atoms with van der Waals surface area (Å²) in [6.07, 6.45) is 0. The Labute approximate surface area is 142 Å². The van der Waals surface area contributed by atoms with Gasteiger partial charge in [-0.3, -0.25) is 19.7 Å². The summed E-state index contributed by atoms with van der Waals surface area (Å²) < 4.78 is 4.45. The second kappa shape index (κ2) is 6.25. The maximum Gasteiger partial charge on any atom is 0.316 e. The van der Waals surface area contributed by atoms with Crippen LogP contribution in [0, 0.1) is 5.41 Å². The fraction of sp³-hybridized carbons (Fsp3) is 0.438. The topological polar surface area (TPSA) is 72.5 Å². The number of carbonyl (C=O) groups excluding carboxylic acids is 3. The third kappa shape index (κ3) is 3.75. The summed E-state index contributed by atoms with van der Waals surface area (Å²) in [5, 5.41) is 1.98. The minimum Gasteiger partial charge on any atom is -0.426 e. The van der Waals surface area contributed by atoms with E-state index < -0.39 is 10.2 Å². The van der Waals surface area contributed by atoms with Crippen molar-refractivity contribution < 1.29 is 19.1 Å². The summed E-state index contributed by atoms with van der Waals surface area (Å²) >= 11 is 0.991. The first-order valence-corrected chi connectivity index (χ1v) is 8.64. The summed E-state index contributed by atoms with van der Waals surface area (Å²) in [6, 6.07) is 6.98. The average molecular weight is 353 g/mol. The molecular formula is C16H20NO4PS. The van der Waals surface area contributed by atoms with Crippen molar-refractivity contribution in [3.05, 3.63) is 29.8 Å². The van der Waals surface area contributed by atoms with Gasteiger partial charge in [-0.2, -0.15) is 0 Å².